The molecule has 2 aliphatic carbocycles. The van der Waals surface area contributed by atoms with Crippen LogP contribution in [-0.2, 0) is 38.5 Å². The van der Waals surface area contributed by atoms with Crippen LogP contribution in [-0.4, -0.2) is 3.21 Å². The minimum absolute atomic E-state index is 0. The van der Waals surface area contributed by atoms with Crippen molar-refractivity contribution in [2.24, 2.45) is 11.3 Å². The Hall–Kier alpha value is -1.53. The number of halogens is 2. The summed E-state index contributed by atoms with van der Waals surface area (Å²) in [6.07, 6.45) is 5.95. The second-order valence-corrected chi connectivity index (χ2v) is 21.9. The molecule has 5 rings (SSSR count). The van der Waals surface area contributed by atoms with Crippen LogP contribution in [0.25, 0.3) is 11.1 Å². The van der Waals surface area contributed by atoms with E-state index in [-0.39, 0.29) is 41.1 Å². The first kappa shape index (κ1) is 37.9. The van der Waals surface area contributed by atoms with Gasteiger partial charge in [0, 0.05) is 0 Å². The summed E-state index contributed by atoms with van der Waals surface area (Å²) in [5.41, 5.74) is 14.3. The molecule has 0 nitrogen and oxygen atoms in total. The van der Waals surface area contributed by atoms with Crippen molar-refractivity contribution >= 4 is 6.48 Å². The molecule has 0 bridgehead atoms. The minimum atomic E-state index is -2.72. The number of benzene rings is 3. The number of allylic oxidation sites excluding steroid dienone is 4. The largest absolute Gasteiger partial charge is 1.00 e. The molecule has 1 atom stereocenters. The van der Waals surface area contributed by atoms with Crippen LogP contribution in [0.5, 0.6) is 0 Å². The smallest absolute Gasteiger partial charge is 1.00 e. The van der Waals surface area contributed by atoms with Crippen LogP contribution >= 0.6 is 0 Å². The zero-order valence-electron chi connectivity index (χ0n) is 29.8. The Morgan fingerprint density at radius 3 is 1.91 bits per heavy atom. The van der Waals surface area contributed by atoms with Crippen LogP contribution in [0.1, 0.15) is 124 Å². The van der Waals surface area contributed by atoms with Crippen LogP contribution in [0.4, 0.5) is 0 Å². The summed E-state index contributed by atoms with van der Waals surface area (Å²) >= 11 is -2.72. The van der Waals surface area contributed by atoms with E-state index in [4.69, 9.17) is 0 Å². The normalized spacial score (nSPS) is 16.4. The van der Waals surface area contributed by atoms with Gasteiger partial charge in [0.15, 0.2) is 0 Å². The fraction of sp³-hybridized carbons (Fsp3) is 0.452. The van der Waals surface area contributed by atoms with Crippen molar-refractivity contribution < 1.29 is 46.1 Å². The second-order valence-electron chi connectivity index (χ2n) is 16.0. The molecule has 0 radical (unpaired) electrons. The fourth-order valence-electron chi connectivity index (χ4n) is 7.58. The van der Waals surface area contributed by atoms with Gasteiger partial charge in [-0.3, -0.25) is 0 Å². The summed E-state index contributed by atoms with van der Waals surface area (Å²) in [6.45, 7) is 28.9. The Morgan fingerprint density at radius 2 is 1.38 bits per heavy atom. The zero-order chi connectivity index (χ0) is 31.5. The molecule has 0 saturated heterocycles. The van der Waals surface area contributed by atoms with Gasteiger partial charge in [0.1, 0.15) is 0 Å². The maximum Gasteiger partial charge on any atom is -1.00 e. The van der Waals surface area contributed by atoms with E-state index in [1.54, 1.807) is 28.8 Å². The van der Waals surface area contributed by atoms with Gasteiger partial charge in [-0.05, 0) is 0 Å². The number of rotatable bonds is 5. The Bertz CT molecular complexity index is 1650. The van der Waals surface area contributed by atoms with E-state index in [1.807, 2.05) is 3.28 Å². The molecule has 0 aromatic heterocycles. The van der Waals surface area contributed by atoms with Crippen LogP contribution in [0.2, 0.25) is 0 Å². The van der Waals surface area contributed by atoms with Gasteiger partial charge < -0.3 is 24.8 Å². The first-order chi connectivity index (χ1) is 20.1. The second kappa shape index (κ2) is 13.9. The number of fused-ring (bicyclic) bond motifs is 3. The van der Waals surface area contributed by atoms with Crippen molar-refractivity contribution in [3.8, 4) is 11.1 Å². The Balaban J connectivity index is 0.00000276. The maximum absolute atomic E-state index is 2.72. The minimum Gasteiger partial charge on any atom is -1.00 e. The Kier molecular flexibility index (Phi) is 11.7. The third-order valence-corrected chi connectivity index (χ3v) is 18.6. The van der Waals surface area contributed by atoms with E-state index < -0.39 is 21.3 Å². The van der Waals surface area contributed by atoms with Crippen molar-refractivity contribution in [2.75, 3.05) is 0 Å². The fourth-order valence-corrected chi connectivity index (χ4v) is 17.7. The molecule has 240 valence electrons. The Morgan fingerprint density at radius 1 is 0.756 bits per heavy atom. The molecule has 45 heavy (non-hydrogen) atoms. The molecule has 0 saturated carbocycles. The van der Waals surface area contributed by atoms with Crippen LogP contribution in [0, 0.1) is 11.3 Å². The molecule has 0 amide bonds. The molecule has 0 N–H and O–H groups in total. The molecule has 3 heteroatoms. The van der Waals surface area contributed by atoms with Crippen LogP contribution < -0.4 is 28.1 Å². The van der Waals surface area contributed by atoms with Gasteiger partial charge in [-0.25, -0.2) is 0 Å². The Labute approximate surface area is 295 Å². The van der Waals surface area contributed by atoms with Crippen molar-refractivity contribution in [1.29, 1.82) is 0 Å². The third-order valence-electron chi connectivity index (χ3n) is 9.73. The molecule has 0 fully saturated rings. The first-order valence-corrected chi connectivity index (χ1v) is 20.3. The topological polar surface area (TPSA) is 0 Å². The number of hydrogen-bond donors (Lipinski definition) is 0. The van der Waals surface area contributed by atoms with Crippen LogP contribution in [0.15, 0.2) is 81.2 Å². The summed E-state index contributed by atoms with van der Waals surface area (Å²) in [5.74, 6) is 0.490. The van der Waals surface area contributed by atoms with E-state index in [0.717, 1.165) is 19.3 Å². The number of hydrogen-bond acceptors (Lipinski definition) is 0. The van der Waals surface area contributed by atoms with Gasteiger partial charge in [-0.1, -0.05) is 0 Å². The summed E-state index contributed by atoms with van der Waals surface area (Å²) in [5, 5.41) is 0. The third kappa shape index (κ3) is 7.17. The van der Waals surface area contributed by atoms with Gasteiger partial charge in [0.05, 0.1) is 0 Å². The summed E-state index contributed by atoms with van der Waals surface area (Å²) in [4.78, 5) is 0. The monoisotopic (exact) mass is 718 g/mol. The molecule has 0 heterocycles. The molecule has 3 aromatic rings. The molecule has 0 spiro atoms. The molecular weight excluding hydrogens is 667 g/mol. The van der Waals surface area contributed by atoms with E-state index in [1.165, 1.54) is 27.8 Å². The average molecular weight is 721 g/mol. The quantitative estimate of drug-likeness (QED) is 0.272. The first-order valence-electron chi connectivity index (χ1n) is 16.6. The van der Waals surface area contributed by atoms with Gasteiger partial charge in [-0.2, -0.15) is 0 Å². The van der Waals surface area contributed by atoms with Gasteiger partial charge in [0.2, 0.25) is 0 Å². The van der Waals surface area contributed by atoms with E-state index in [9.17, 15) is 0 Å². The van der Waals surface area contributed by atoms with Gasteiger partial charge in [-0.15, -0.1) is 0 Å². The van der Waals surface area contributed by atoms with Crippen molar-refractivity contribution in [1.82, 2.24) is 0 Å². The van der Waals surface area contributed by atoms with E-state index in [2.05, 4.69) is 150 Å². The zero-order valence-corrected chi connectivity index (χ0v) is 33.8. The summed E-state index contributed by atoms with van der Waals surface area (Å²) in [7, 11) is 0. The van der Waals surface area contributed by atoms with Crippen molar-refractivity contribution in [3.63, 3.8) is 0 Å². The molecule has 3 aromatic carbocycles. The van der Waals surface area contributed by atoms with Gasteiger partial charge in [0.25, 0.3) is 0 Å². The van der Waals surface area contributed by atoms with Crippen molar-refractivity contribution in [3.05, 3.63) is 109 Å². The predicted octanol–water partition coefficient (Wildman–Crippen LogP) is 5.02. The molecule has 0 aliphatic heterocycles. The molecule has 2 aliphatic rings. The SMILES string of the molecule is CCC1=[C](/[Zr+2](=[C](\CC)c2ccccc2)[c]2c(C(C)(C)C)ccc3c2Cc2cc(C(C)(C)C)ccc2-3)C(C)C=C1C(C)(C)C.[Cl-].[Cl-]. The van der Waals surface area contributed by atoms with Gasteiger partial charge >= 0.3 is 272 Å². The van der Waals surface area contributed by atoms with E-state index in [0.29, 0.717) is 5.92 Å². The predicted molar refractivity (Wildman–Crippen MR) is 187 cm³/mol. The maximum atomic E-state index is 2.65. The molecule has 1 unspecified atom stereocenters. The standard InChI is InChI=1S/C21H25.C12H19.C9H10.2ClH.Zr/c1-20(2,3)16-7-9-18-14(12-16)11-15-13-17(21(4,5)6)8-10-19(15)18;1-6-10-7-9(2)8-11(10)12(3,4)5;1-2-6-9-7-4-3-5-8-9;;;/h7-10,12H,11H2,1-6H3;8-9H,6H2,1-5H3;3-5,7-8H,2H2,1H3;2*1H;/q;;;;;+2/p-2. The summed E-state index contributed by atoms with van der Waals surface area (Å²) in [6, 6.07) is 23.8. The molecular formula is C42H54Cl2Zr. The van der Waals surface area contributed by atoms with E-state index >= 15 is 0 Å². The van der Waals surface area contributed by atoms with Crippen LogP contribution in [0.3, 0.4) is 0 Å². The average Bonchev–Trinajstić information content (AvgIpc) is 3.47. The summed E-state index contributed by atoms with van der Waals surface area (Å²) < 4.78 is 5.36. The van der Waals surface area contributed by atoms with Crippen molar-refractivity contribution in [2.45, 2.75) is 113 Å².